The summed E-state index contributed by atoms with van der Waals surface area (Å²) >= 11 is 1.45. The maximum Gasteiger partial charge on any atom is 0.277 e. The molecule has 9 heteroatoms. The van der Waals surface area contributed by atoms with E-state index in [-0.39, 0.29) is 11.5 Å². The Bertz CT molecular complexity index is 847. The zero-order valence-corrected chi connectivity index (χ0v) is 16.0. The van der Waals surface area contributed by atoms with E-state index in [4.69, 9.17) is 10.5 Å². The van der Waals surface area contributed by atoms with Gasteiger partial charge in [0.2, 0.25) is 0 Å². The second kappa shape index (κ2) is 8.92. The van der Waals surface area contributed by atoms with Gasteiger partial charge in [0.05, 0.1) is 7.11 Å². The van der Waals surface area contributed by atoms with Gasteiger partial charge in [-0.2, -0.15) is 0 Å². The minimum absolute atomic E-state index is 0.00397. The van der Waals surface area contributed by atoms with Crippen molar-refractivity contribution in [2.75, 3.05) is 43.5 Å². The molecule has 2 aromatic rings. The van der Waals surface area contributed by atoms with Crippen LogP contribution in [0.2, 0.25) is 0 Å². The van der Waals surface area contributed by atoms with Gasteiger partial charge in [0.25, 0.3) is 11.5 Å². The number of ether oxygens (including phenoxy) is 1. The molecule has 8 nitrogen and oxygen atoms in total. The first-order valence-electron chi connectivity index (χ1n) is 8.77. The number of nitrogens with zero attached hydrogens (tertiary/aromatic N) is 2. The summed E-state index contributed by atoms with van der Waals surface area (Å²) in [6, 6.07) is 6.55. The smallest absolute Gasteiger partial charge is 0.277 e. The Hall–Kier alpha value is -2.52. The van der Waals surface area contributed by atoms with E-state index in [1.807, 2.05) is 0 Å². The van der Waals surface area contributed by atoms with E-state index in [0.717, 1.165) is 25.4 Å². The summed E-state index contributed by atoms with van der Waals surface area (Å²) in [5.41, 5.74) is 5.78. The van der Waals surface area contributed by atoms with Crippen LogP contribution < -0.4 is 21.3 Å². The molecule has 1 amide bonds. The number of hydrogen-bond acceptors (Lipinski definition) is 7. The molecule has 4 N–H and O–H groups in total. The van der Waals surface area contributed by atoms with Crippen molar-refractivity contribution in [1.29, 1.82) is 0 Å². The first-order valence-corrected chi connectivity index (χ1v) is 9.75. The highest BCUT2D eigenvalue weighted by Crippen LogP contribution is 2.19. The van der Waals surface area contributed by atoms with Crippen LogP contribution in [0, 0.1) is 0 Å². The highest BCUT2D eigenvalue weighted by molar-refractivity contribution is 7.99. The van der Waals surface area contributed by atoms with Crippen molar-refractivity contribution in [1.82, 2.24) is 14.9 Å². The molecule has 0 unspecified atom stereocenters. The average Bonchev–Trinajstić information content (AvgIpc) is 3.18. The summed E-state index contributed by atoms with van der Waals surface area (Å²) in [7, 11) is 1.55. The fourth-order valence-corrected chi connectivity index (χ4v) is 3.73. The lowest BCUT2D eigenvalue weighted by Gasteiger charge is -2.13. The van der Waals surface area contributed by atoms with E-state index in [1.165, 1.54) is 24.6 Å². The zero-order valence-electron chi connectivity index (χ0n) is 15.2. The molecule has 0 atom stereocenters. The number of carbonyl (C=O) groups excluding carboxylic acids is 1. The van der Waals surface area contributed by atoms with Gasteiger partial charge in [0, 0.05) is 17.9 Å². The normalized spacial score (nSPS) is 14.3. The van der Waals surface area contributed by atoms with Crippen molar-refractivity contribution < 1.29 is 9.53 Å². The van der Waals surface area contributed by atoms with Crippen LogP contribution in [-0.4, -0.2) is 53.3 Å². The molecule has 2 heterocycles. The number of carbonyl (C=O) groups is 1. The third kappa shape index (κ3) is 5.01. The van der Waals surface area contributed by atoms with Crippen molar-refractivity contribution in [2.24, 2.45) is 0 Å². The molecule has 1 aromatic carbocycles. The molecule has 1 aliphatic rings. The van der Waals surface area contributed by atoms with Gasteiger partial charge in [0.1, 0.15) is 11.4 Å². The van der Waals surface area contributed by atoms with E-state index in [1.54, 1.807) is 31.4 Å². The number of anilines is 2. The van der Waals surface area contributed by atoms with E-state index in [2.05, 4.69) is 20.2 Å². The van der Waals surface area contributed by atoms with Crippen molar-refractivity contribution in [3.63, 3.8) is 0 Å². The number of methoxy groups -OCH3 is 1. The van der Waals surface area contributed by atoms with Crippen LogP contribution in [0.25, 0.3) is 0 Å². The largest absolute Gasteiger partial charge is 0.497 e. The van der Waals surface area contributed by atoms with Crippen LogP contribution in [0.15, 0.2) is 34.2 Å². The summed E-state index contributed by atoms with van der Waals surface area (Å²) in [6.45, 7) is 3.20. The monoisotopic (exact) mass is 389 g/mol. The van der Waals surface area contributed by atoms with E-state index in [9.17, 15) is 9.59 Å². The summed E-state index contributed by atoms with van der Waals surface area (Å²) in [5, 5.41) is 2.99. The highest BCUT2D eigenvalue weighted by atomic mass is 32.2. The van der Waals surface area contributed by atoms with Gasteiger partial charge in [-0.1, -0.05) is 11.8 Å². The third-order valence-electron chi connectivity index (χ3n) is 4.36. The molecular formula is C18H23N5O3S. The molecule has 0 aliphatic carbocycles. The van der Waals surface area contributed by atoms with Gasteiger partial charge in [-0.25, -0.2) is 4.98 Å². The number of H-pyrrole nitrogens is 1. The standard InChI is InChI=1S/C18H23N5O3S/c1-26-13-6-4-12(5-7-13)16(24)20-14-15(19)21-18(22-17(14)25)27-11-10-23-8-2-3-9-23/h4-7H,2-3,8-11H2,1H3,(H,20,24)(H3,19,21,22,25). The Kier molecular flexibility index (Phi) is 6.36. The summed E-state index contributed by atoms with van der Waals surface area (Å²) in [5.74, 6) is 1.02. The number of nitrogens with two attached hydrogens (primary N) is 1. The number of hydrogen-bond donors (Lipinski definition) is 3. The highest BCUT2D eigenvalue weighted by Gasteiger charge is 2.15. The Morgan fingerprint density at radius 1 is 1.33 bits per heavy atom. The van der Waals surface area contributed by atoms with Gasteiger partial charge in [-0.3, -0.25) is 14.6 Å². The van der Waals surface area contributed by atoms with Crippen molar-refractivity contribution in [3.05, 3.63) is 40.2 Å². The molecule has 144 valence electrons. The Labute approximate surface area is 161 Å². The van der Waals surface area contributed by atoms with E-state index < -0.39 is 11.5 Å². The van der Waals surface area contributed by atoms with Crippen LogP contribution in [0.5, 0.6) is 5.75 Å². The molecule has 1 aliphatic heterocycles. The molecular weight excluding hydrogens is 366 g/mol. The van der Waals surface area contributed by atoms with Gasteiger partial charge in [-0.05, 0) is 50.2 Å². The number of aromatic amines is 1. The minimum Gasteiger partial charge on any atom is -0.497 e. The van der Waals surface area contributed by atoms with E-state index in [0.29, 0.717) is 16.5 Å². The molecule has 0 saturated carbocycles. The summed E-state index contributed by atoms with van der Waals surface area (Å²) in [4.78, 5) is 33.9. The Morgan fingerprint density at radius 2 is 2.04 bits per heavy atom. The van der Waals surface area contributed by atoms with Crippen molar-refractivity contribution in [3.8, 4) is 5.75 Å². The lowest BCUT2D eigenvalue weighted by Crippen LogP contribution is -2.24. The van der Waals surface area contributed by atoms with Crippen LogP contribution in [0.4, 0.5) is 11.5 Å². The molecule has 3 rings (SSSR count). The molecule has 0 radical (unpaired) electrons. The SMILES string of the molecule is COc1ccc(C(=O)Nc2c(N)nc(SCCN3CCCC3)[nH]c2=O)cc1. The number of benzene rings is 1. The van der Waals surface area contributed by atoms with Crippen LogP contribution in [-0.2, 0) is 0 Å². The average molecular weight is 389 g/mol. The molecule has 0 bridgehead atoms. The second-order valence-corrected chi connectivity index (χ2v) is 7.29. The number of rotatable bonds is 7. The fraction of sp³-hybridized carbons (Fsp3) is 0.389. The Balaban J connectivity index is 1.63. The number of nitrogens with one attached hydrogen (secondary N) is 2. The zero-order chi connectivity index (χ0) is 19.2. The first kappa shape index (κ1) is 19.2. The lowest BCUT2D eigenvalue weighted by atomic mass is 10.2. The van der Waals surface area contributed by atoms with Crippen molar-refractivity contribution >= 4 is 29.2 Å². The minimum atomic E-state index is -0.465. The number of amides is 1. The van der Waals surface area contributed by atoms with Gasteiger partial charge in [0.15, 0.2) is 11.0 Å². The molecule has 1 saturated heterocycles. The lowest BCUT2D eigenvalue weighted by molar-refractivity contribution is 0.102. The van der Waals surface area contributed by atoms with Gasteiger partial charge >= 0.3 is 0 Å². The molecule has 0 spiro atoms. The predicted octanol–water partition coefficient (Wildman–Crippen LogP) is 1.80. The fourth-order valence-electron chi connectivity index (χ4n) is 2.86. The van der Waals surface area contributed by atoms with Gasteiger partial charge in [-0.15, -0.1) is 0 Å². The molecule has 1 fully saturated rings. The number of likely N-dealkylation sites (tertiary alicyclic amines) is 1. The van der Waals surface area contributed by atoms with E-state index >= 15 is 0 Å². The maximum atomic E-state index is 12.3. The van der Waals surface area contributed by atoms with Gasteiger partial charge < -0.3 is 20.7 Å². The number of aromatic nitrogens is 2. The first-order chi connectivity index (χ1) is 13.1. The molecule has 1 aromatic heterocycles. The second-order valence-electron chi connectivity index (χ2n) is 6.21. The van der Waals surface area contributed by atoms with Crippen molar-refractivity contribution in [2.45, 2.75) is 18.0 Å². The number of nitrogen functional groups attached to an aromatic ring is 1. The Morgan fingerprint density at radius 3 is 2.67 bits per heavy atom. The van der Waals surface area contributed by atoms with Crippen LogP contribution in [0.3, 0.4) is 0 Å². The number of thioether (sulfide) groups is 1. The summed E-state index contributed by atoms with van der Waals surface area (Å²) in [6.07, 6.45) is 2.49. The van der Waals surface area contributed by atoms with Crippen LogP contribution in [0.1, 0.15) is 23.2 Å². The summed E-state index contributed by atoms with van der Waals surface area (Å²) < 4.78 is 5.06. The quantitative estimate of drug-likeness (QED) is 0.489. The predicted molar refractivity (Wildman–Crippen MR) is 107 cm³/mol. The maximum absolute atomic E-state index is 12.3. The van der Waals surface area contributed by atoms with Crippen LogP contribution >= 0.6 is 11.8 Å². The topological polar surface area (TPSA) is 113 Å². The molecule has 27 heavy (non-hydrogen) atoms. The third-order valence-corrected chi connectivity index (χ3v) is 5.21.